The fraction of sp³-hybridized carbons (Fsp3) is 0.800. The molecule has 1 rings (SSSR count). The molecular weight excluding hydrogens is 194 g/mol. The summed E-state index contributed by atoms with van der Waals surface area (Å²) < 4.78 is 0. The summed E-state index contributed by atoms with van der Waals surface area (Å²) in [5.41, 5.74) is 5.22. The second-order valence-electron chi connectivity index (χ2n) is 4.03. The Labute approximate surface area is 89.8 Å². The summed E-state index contributed by atoms with van der Waals surface area (Å²) in [6.07, 6.45) is 3.21. The molecule has 0 spiro atoms. The number of nitrogens with one attached hydrogen (secondary N) is 2. The molecule has 15 heavy (non-hydrogen) atoms. The minimum Gasteiger partial charge on any atom is -0.347 e. The molecule has 0 aromatic carbocycles. The normalized spacial score (nSPS) is 24.9. The first kappa shape index (κ1) is 12.0. The van der Waals surface area contributed by atoms with Crippen molar-refractivity contribution < 1.29 is 9.59 Å². The van der Waals surface area contributed by atoms with E-state index in [9.17, 15) is 9.59 Å². The Hall–Kier alpha value is -1.10. The maximum atomic E-state index is 11.4. The van der Waals surface area contributed by atoms with Crippen molar-refractivity contribution in [3.8, 4) is 0 Å². The first-order chi connectivity index (χ1) is 7.15. The van der Waals surface area contributed by atoms with Crippen molar-refractivity contribution in [2.24, 2.45) is 11.7 Å². The molecule has 1 saturated carbocycles. The van der Waals surface area contributed by atoms with Gasteiger partial charge in [-0.05, 0) is 18.8 Å². The Morgan fingerprint density at radius 2 is 2.07 bits per heavy atom. The lowest BCUT2D eigenvalue weighted by molar-refractivity contribution is -0.139. The van der Waals surface area contributed by atoms with Gasteiger partial charge in [-0.3, -0.25) is 9.59 Å². The van der Waals surface area contributed by atoms with Gasteiger partial charge in [-0.1, -0.05) is 13.3 Å². The highest BCUT2D eigenvalue weighted by Crippen LogP contribution is 2.24. The summed E-state index contributed by atoms with van der Waals surface area (Å²) in [6, 6.07) is 0.154. The lowest BCUT2D eigenvalue weighted by Crippen LogP contribution is -2.46. The first-order valence-electron chi connectivity index (χ1n) is 5.44. The number of nitrogens with two attached hydrogens (primary N) is 1. The molecule has 0 aromatic heterocycles. The smallest absolute Gasteiger partial charge is 0.309 e. The Bertz CT molecular complexity index is 243. The zero-order valence-corrected chi connectivity index (χ0v) is 9.08. The summed E-state index contributed by atoms with van der Waals surface area (Å²) >= 11 is 0. The van der Waals surface area contributed by atoms with Crippen molar-refractivity contribution >= 4 is 11.8 Å². The molecule has 5 nitrogen and oxygen atoms in total. The average molecular weight is 213 g/mol. The number of hydrogen-bond donors (Lipinski definition) is 3. The minimum absolute atomic E-state index is 0.154. The van der Waals surface area contributed by atoms with Crippen LogP contribution >= 0.6 is 0 Å². The maximum Gasteiger partial charge on any atom is 0.309 e. The van der Waals surface area contributed by atoms with Crippen LogP contribution in [0.1, 0.15) is 26.2 Å². The second-order valence-corrected chi connectivity index (χ2v) is 4.03. The Kier molecular flexibility index (Phi) is 4.55. The molecule has 4 N–H and O–H groups in total. The van der Waals surface area contributed by atoms with Crippen LogP contribution in [0.2, 0.25) is 0 Å². The Morgan fingerprint density at radius 3 is 2.60 bits per heavy atom. The zero-order valence-electron chi connectivity index (χ0n) is 9.08. The topological polar surface area (TPSA) is 84.2 Å². The third-order valence-electron chi connectivity index (χ3n) is 2.81. The molecular formula is C10H19N3O2. The van der Waals surface area contributed by atoms with E-state index in [1.54, 1.807) is 0 Å². The van der Waals surface area contributed by atoms with Crippen LogP contribution < -0.4 is 16.4 Å². The van der Waals surface area contributed by atoms with Crippen molar-refractivity contribution in [3.63, 3.8) is 0 Å². The van der Waals surface area contributed by atoms with Crippen molar-refractivity contribution in [1.29, 1.82) is 0 Å². The second kappa shape index (κ2) is 5.70. The molecule has 86 valence electrons. The molecule has 1 fully saturated rings. The van der Waals surface area contributed by atoms with Crippen LogP contribution in [-0.4, -0.2) is 30.9 Å². The summed E-state index contributed by atoms with van der Waals surface area (Å²) in [6.45, 7) is 2.78. The van der Waals surface area contributed by atoms with E-state index in [2.05, 4.69) is 17.6 Å². The highest BCUT2D eigenvalue weighted by molar-refractivity contribution is 6.35. The summed E-state index contributed by atoms with van der Waals surface area (Å²) in [4.78, 5) is 22.6. The largest absolute Gasteiger partial charge is 0.347 e. The van der Waals surface area contributed by atoms with Crippen LogP contribution in [0.15, 0.2) is 0 Å². The third-order valence-corrected chi connectivity index (χ3v) is 2.81. The molecule has 2 atom stereocenters. The fourth-order valence-electron chi connectivity index (χ4n) is 1.86. The van der Waals surface area contributed by atoms with Gasteiger partial charge in [-0.25, -0.2) is 0 Å². The predicted octanol–water partition coefficient (Wildman–Crippen LogP) is -0.634. The number of carbonyl (C=O) groups excluding carboxylic acids is 2. The number of rotatable bonds is 3. The Balaban J connectivity index is 2.31. The van der Waals surface area contributed by atoms with Gasteiger partial charge in [0, 0.05) is 19.1 Å². The molecule has 0 radical (unpaired) electrons. The van der Waals surface area contributed by atoms with Crippen LogP contribution in [0, 0.1) is 5.92 Å². The van der Waals surface area contributed by atoms with Gasteiger partial charge in [0.05, 0.1) is 0 Å². The van der Waals surface area contributed by atoms with E-state index in [4.69, 9.17) is 5.73 Å². The van der Waals surface area contributed by atoms with E-state index in [0.29, 0.717) is 19.0 Å². The van der Waals surface area contributed by atoms with E-state index >= 15 is 0 Å². The molecule has 0 saturated heterocycles. The fourth-order valence-corrected chi connectivity index (χ4v) is 1.86. The Morgan fingerprint density at radius 1 is 1.33 bits per heavy atom. The number of amides is 2. The highest BCUT2D eigenvalue weighted by Gasteiger charge is 2.26. The highest BCUT2D eigenvalue weighted by atomic mass is 16.2. The summed E-state index contributed by atoms with van der Waals surface area (Å²) in [5, 5.41) is 5.19. The zero-order chi connectivity index (χ0) is 11.3. The molecule has 5 heteroatoms. The van der Waals surface area contributed by atoms with Gasteiger partial charge in [0.25, 0.3) is 0 Å². The van der Waals surface area contributed by atoms with Crippen molar-refractivity contribution in [3.05, 3.63) is 0 Å². The van der Waals surface area contributed by atoms with Crippen LogP contribution in [0.25, 0.3) is 0 Å². The van der Waals surface area contributed by atoms with Crippen molar-refractivity contribution in [2.45, 2.75) is 32.2 Å². The summed E-state index contributed by atoms with van der Waals surface area (Å²) in [5.74, 6) is -0.655. The van der Waals surface area contributed by atoms with E-state index < -0.39 is 11.8 Å². The van der Waals surface area contributed by atoms with Gasteiger partial charge in [-0.2, -0.15) is 0 Å². The number of carbonyl (C=O) groups is 2. The van der Waals surface area contributed by atoms with Crippen LogP contribution in [0.4, 0.5) is 0 Å². The van der Waals surface area contributed by atoms with E-state index in [0.717, 1.165) is 19.3 Å². The SMILES string of the molecule is CC1CCCC1NC(=O)C(=O)NCCN. The maximum absolute atomic E-state index is 11.4. The third kappa shape index (κ3) is 3.51. The lowest BCUT2D eigenvalue weighted by atomic mass is 10.1. The van der Waals surface area contributed by atoms with Gasteiger partial charge in [-0.15, -0.1) is 0 Å². The molecule has 1 aliphatic carbocycles. The number of hydrogen-bond acceptors (Lipinski definition) is 3. The molecule has 0 aliphatic heterocycles. The van der Waals surface area contributed by atoms with E-state index in [-0.39, 0.29) is 6.04 Å². The first-order valence-corrected chi connectivity index (χ1v) is 5.44. The predicted molar refractivity (Wildman–Crippen MR) is 57.0 cm³/mol. The summed E-state index contributed by atoms with van der Waals surface area (Å²) in [7, 11) is 0. The van der Waals surface area contributed by atoms with Gasteiger partial charge in [0.1, 0.15) is 0 Å². The van der Waals surface area contributed by atoms with Gasteiger partial charge in [0.15, 0.2) is 0 Å². The average Bonchev–Trinajstić information content (AvgIpc) is 2.61. The van der Waals surface area contributed by atoms with Crippen molar-refractivity contribution in [2.75, 3.05) is 13.1 Å². The van der Waals surface area contributed by atoms with Crippen LogP contribution in [0.5, 0.6) is 0 Å². The molecule has 2 unspecified atom stereocenters. The molecule has 0 bridgehead atoms. The molecule has 0 aromatic rings. The minimum atomic E-state index is -0.584. The quantitative estimate of drug-likeness (QED) is 0.545. The van der Waals surface area contributed by atoms with E-state index in [1.807, 2.05) is 0 Å². The van der Waals surface area contributed by atoms with Crippen LogP contribution in [-0.2, 0) is 9.59 Å². The van der Waals surface area contributed by atoms with Gasteiger partial charge >= 0.3 is 11.8 Å². The van der Waals surface area contributed by atoms with E-state index in [1.165, 1.54) is 0 Å². The van der Waals surface area contributed by atoms with Gasteiger partial charge < -0.3 is 16.4 Å². The van der Waals surface area contributed by atoms with Crippen molar-refractivity contribution in [1.82, 2.24) is 10.6 Å². The van der Waals surface area contributed by atoms with Gasteiger partial charge in [0.2, 0.25) is 0 Å². The molecule has 2 amide bonds. The lowest BCUT2D eigenvalue weighted by Gasteiger charge is -2.16. The molecule has 1 aliphatic rings. The monoisotopic (exact) mass is 213 g/mol. The standard InChI is InChI=1S/C10H19N3O2/c1-7-3-2-4-8(7)13-10(15)9(14)12-6-5-11/h7-8H,2-6,11H2,1H3,(H,12,14)(H,13,15). The molecule has 0 heterocycles. The van der Waals surface area contributed by atoms with Crippen LogP contribution in [0.3, 0.4) is 0 Å².